The van der Waals surface area contributed by atoms with Gasteiger partial charge in [-0.2, -0.15) is 13.2 Å². The monoisotopic (exact) mass is 332 g/mol. The van der Waals surface area contributed by atoms with E-state index in [2.05, 4.69) is 10.2 Å². The Morgan fingerprint density at radius 3 is 2.41 bits per heavy atom. The summed E-state index contributed by atoms with van der Waals surface area (Å²) < 4.78 is 39.4. The fourth-order valence-corrected chi connectivity index (χ4v) is 3.81. The SMILES string of the molecule is FC(F)(F)c1cccc([C@@H](C2CCC2)N2CCNCC2)c1Cl. The predicted molar refractivity (Wildman–Crippen MR) is 81.0 cm³/mol. The number of halogens is 4. The summed E-state index contributed by atoms with van der Waals surface area (Å²) in [6.07, 6.45) is -1.10. The molecular formula is C16H20ClF3N2. The third-order valence-electron chi connectivity index (χ3n) is 4.79. The van der Waals surface area contributed by atoms with Crippen molar-refractivity contribution < 1.29 is 13.2 Å². The van der Waals surface area contributed by atoms with Crippen LogP contribution in [0.4, 0.5) is 13.2 Å². The van der Waals surface area contributed by atoms with Crippen LogP contribution < -0.4 is 5.32 Å². The van der Waals surface area contributed by atoms with Crippen molar-refractivity contribution in [2.24, 2.45) is 5.92 Å². The maximum absolute atomic E-state index is 13.1. The van der Waals surface area contributed by atoms with E-state index in [1.165, 1.54) is 6.07 Å². The van der Waals surface area contributed by atoms with E-state index >= 15 is 0 Å². The Bertz CT molecular complexity index is 523. The van der Waals surface area contributed by atoms with Crippen LogP contribution in [0.1, 0.15) is 36.4 Å². The van der Waals surface area contributed by atoms with Gasteiger partial charge in [-0.15, -0.1) is 0 Å². The molecule has 1 aromatic rings. The fraction of sp³-hybridized carbons (Fsp3) is 0.625. The summed E-state index contributed by atoms with van der Waals surface area (Å²) in [5.74, 6) is 0.416. The standard InChI is InChI=1S/C16H20ClF3N2/c17-14-12(5-2-6-13(14)16(18,19)20)15(11-3-1-4-11)22-9-7-21-8-10-22/h2,5-6,11,15,21H,1,3-4,7-10H2/t15-/m1/s1. The van der Waals surface area contributed by atoms with Crippen molar-refractivity contribution in [3.05, 3.63) is 34.3 Å². The lowest BCUT2D eigenvalue weighted by molar-refractivity contribution is -0.137. The molecule has 2 aliphatic rings. The third kappa shape index (κ3) is 3.12. The summed E-state index contributed by atoms with van der Waals surface area (Å²) >= 11 is 6.17. The minimum absolute atomic E-state index is 0.00523. The molecule has 1 atom stereocenters. The molecule has 3 rings (SSSR count). The first-order chi connectivity index (χ1) is 10.5. The van der Waals surface area contributed by atoms with Crippen molar-refractivity contribution in [2.75, 3.05) is 26.2 Å². The smallest absolute Gasteiger partial charge is 0.314 e. The van der Waals surface area contributed by atoms with Gasteiger partial charge in [-0.25, -0.2) is 0 Å². The first kappa shape index (κ1) is 16.1. The van der Waals surface area contributed by atoms with Gasteiger partial charge in [-0.1, -0.05) is 30.2 Å². The molecule has 2 nitrogen and oxygen atoms in total. The minimum Gasteiger partial charge on any atom is -0.314 e. The third-order valence-corrected chi connectivity index (χ3v) is 5.22. The summed E-state index contributed by atoms with van der Waals surface area (Å²) in [7, 11) is 0. The summed E-state index contributed by atoms with van der Waals surface area (Å²) in [6, 6.07) is 4.33. The van der Waals surface area contributed by atoms with Crippen molar-refractivity contribution in [1.82, 2.24) is 10.2 Å². The minimum atomic E-state index is -4.40. The zero-order valence-electron chi connectivity index (χ0n) is 12.3. The van der Waals surface area contributed by atoms with E-state index < -0.39 is 11.7 Å². The van der Waals surface area contributed by atoms with E-state index in [9.17, 15) is 13.2 Å². The van der Waals surface area contributed by atoms with Crippen LogP contribution in [0.2, 0.25) is 5.02 Å². The number of benzene rings is 1. The van der Waals surface area contributed by atoms with Crippen molar-refractivity contribution in [1.29, 1.82) is 0 Å². The van der Waals surface area contributed by atoms with Crippen LogP contribution in [0.3, 0.4) is 0 Å². The van der Waals surface area contributed by atoms with Gasteiger partial charge in [0.1, 0.15) is 0 Å². The van der Waals surface area contributed by atoms with E-state index in [4.69, 9.17) is 11.6 Å². The number of hydrogen-bond acceptors (Lipinski definition) is 2. The molecule has 1 aliphatic heterocycles. The molecule has 0 aromatic heterocycles. The molecule has 1 aromatic carbocycles. The molecule has 1 aliphatic carbocycles. The Kier molecular flexibility index (Phi) is 4.67. The van der Waals surface area contributed by atoms with Crippen LogP contribution >= 0.6 is 11.6 Å². The highest BCUT2D eigenvalue weighted by molar-refractivity contribution is 6.32. The molecule has 0 amide bonds. The average Bonchev–Trinajstić information content (AvgIpc) is 2.43. The fourth-order valence-electron chi connectivity index (χ4n) is 3.46. The number of rotatable bonds is 3. The largest absolute Gasteiger partial charge is 0.417 e. The molecule has 0 unspecified atom stereocenters. The second-order valence-electron chi connectivity index (χ2n) is 6.13. The van der Waals surface area contributed by atoms with Crippen LogP contribution in [-0.2, 0) is 6.18 Å². The second kappa shape index (κ2) is 6.38. The molecule has 122 valence electrons. The molecule has 0 spiro atoms. The highest BCUT2D eigenvalue weighted by atomic mass is 35.5. The summed E-state index contributed by atoms with van der Waals surface area (Å²) in [5.41, 5.74) is -0.0748. The van der Waals surface area contributed by atoms with E-state index in [1.54, 1.807) is 6.07 Å². The van der Waals surface area contributed by atoms with Crippen LogP contribution in [0, 0.1) is 5.92 Å². The van der Waals surface area contributed by atoms with Gasteiger partial charge in [0.25, 0.3) is 0 Å². The summed E-state index contributed by atoms with van der Waals surface area (Å²) in [6.45, 7) is 3.46. The lowest BCUT2D eigenvalue weighted by atomic mass is 9.76. The predicted octanol–water partition coefficient (Wildman–Crippen LogP) is 4.11. The van der Waals surface area contributed by atoms with Gasteiger partial charge in [0.15, 0.2) is 0 Å². The van der Waals surface area contributed by atoms with E-state index in [-0.39, 0.29) is 11.1 Å². The highest BCUT2D eigenvalue weighted by Crippen LogP contribution is 2.46. The highest BCUT2D eigenvalue weighted by Gasteiger charge is 2.39. The molecule has 1 saturated carbocycles. The Hall–Kier alpha value is -0.780. The first-order valence-corrected chi connectivity index (χ1v) is 8.16. The van der Waals surface area contributed by atoms with Gasteiger partial charge in [0.2, 0.25) is 0 Å². The molecule has 6 heteroatoms. The van der Waals surface area contributed by atoms with Crippen LogP contribution in [0.15, 0.2) is 18.2 Å². The Morgan fingerprint density at radius 1 is 1.18 bits per heavy atom. The molecule has 1 heterocycles. The number of alkyl halides is 3. The average molecular weight is 333 g/mol. The van der Waals surface area contributed by atoms with Crippen molar-refractivity contribution in [2.45, 2.75) is 31.5 Å². The zero-order chi connectivity index (χ0) is 15.7. The van der Waals surface area contributed by atoms with E-state index in [0.717, 1.165) is 51.5 Å². The van der Waals surface area contributed by atoms with Gasteiger partial charge in [-0.3, -0.25) is 4.90 Å². The zero-order valence-corrected chi connectivity index (χ0v) is 13.1. The Balaban J connectivity index is 1.97. The van der Waals surface area contributed by atoms with Crippen molar-refractivity contribution in [3.63, 3.8) is 0 Å². The van der Waals surface area contributed by atoms with Gasteiger partial charge in [0.05, 0.1) is 10.6 Å². The van der Waals surface area contributed by atoms with Gasteiger partial charge in [-0.05, 0) is 30.4 Å². The maximum atomic E-state index is 13.1. The van der Waals surface area contributed by atoms with Crippen molar-refractivity contribution >= 4 is 11.6 Å². The quantitative estimate of drug-likeness (QED) is 0.896. The van der Waals surface area contributed by atoms with Crippen LogP contribution in [0.5, 0.6) is 0 Å². The van der Waals surface area contributed by atoms with E-state index in [0.29, 0.717) is 11.5 Å². The molecule has 22 heavy (non-hydrogen) atoms. The Labute approximate surface area is 133 Å². The topological polar surface area (TPSA) is 15.3 Å². The van der Waals surface area contributed by atoms with Gasteiger partial charge >= 0.3 is 6.18 Å². The summed E-state index contributed by atoms with van der Waals surface area (Å²) in [4.78, 5) is 2.29. The Morgan fingerprint density at radius 2 is 1.86 bits per heavy atom. The number of nitrogens with zero attached hydrogens (tertiary/aromatic N) is 1. The van der Waals surface area contributed by atoms with Crippen LogP contribution in [-0.4, -0.2) is 31.1 Å². The molecular weight excluding hydrogens is 313 g/mol. The number of piperazine rings is 1. The van der Waals surface area contributed by atoms with Gasteiger partial charge < -0.3 is 5.32 Å². The normalized spacial score (nSPS) is 22.4. The van der Waals surface area contributed by atoms with Gasteiger partial charge in [0, 0.05) is 32.2 Å². The lowest BCUT2D eigenvalue weighted by Crippen LogP contribution is -2.48. The second-order valence-corrected chi connectivity index (χ2v) is 6.51. The van der Waals surface area contributed by atoms with Crippen LogP contribution in [0.25, 0.3) is 0 Å². The number of hydrogen-bond donors (Lipinski definition) is 1. The summed E-state index contributed by atoms with van der Waals surface area (Å²) in [5, 5.41) is 3.17. The molecule has 2 fully saturated rings. The lowest BCUT2D eigenvalue weighted by Gasteiger charge is -2.43. The number of nitrogens with one attached hydrogen (secondary N) is 1. The molecule has 1 N–H and O–H groups in total. The maximum Gasteiger partial charge on any atom is 0.417 e. The van der Waals surface area contributed by atoms with E-state index in [1.807, 2.05) is 0 Å². The molecule has 0 radical (unpaired) electrons. The molecule has 0 bridgehead atoms. The first-order valence-electron chi connectivity index (χ1n) is 7.79. The molecule has 1 saturated heterocycles. The van der Waals surface area contributed by atoms with Crippen molar-refractivity contribution in [3.8, 4) is 0 Å².